The predicted molar refractivity (Wildman–Crippen MR) is 168 cm³/mol. The van der Waals surface area contributed by atoms with E-state index >= 15 is 4.39 Å². The van der Waals surface area contributed by atoms with Crippen molar-refractivity contribution < 1.29 is 36.9 Å². The van der Waals surface area contributed by atoms with Crippen LogP contribution >= 0.6 is 11.6 Å². The molecule has 6 bridgehead atoms. The number of pyridine rings is 1. The number of fused-ring (bicyclic) bond motifs is 8. The highest BCUT2D eigenvalue weighted by molar-refractivity contribution is 6.33. The van der Waals surface area contributed by atoms with Crippen LogP contribution in [0.2, 0.25) is 5.02 Å². The van der Waals surface area contributed by atoms with Gasteiger partial charge in [-0.1, -0.05) is 11.6 Å². The maximum atomic E-state index is 17.0. The number of carbonyl (C=O) groups is 1. The van der Waals surface area contributed by atoms with Crippen LogP contribution in [-0.2, 0) is 20.6 Å². The van der Waals surface area contributed by atoms with Gasteiger partial charge in [0.1, 0.15) is 29.7 Å². The van der Waals surface area contributed by atoms with Crippen LogP contribution in [0.4, 0.5) is 23.8 Å². The van der Waals surface area contributed by atoms with Gasteiger partial charge >= 0.3 is 12.2 Å². The van der Waals surface area contributed by atoms with Crippen LogP contribution in [0.5, 0.6) is 6.01 Å². The van der Waals surface area contributed by atoms with Gasteiger partial charge in [0.05, 0.1) is 49.0 Å². The van der Waals surface area contributed by atoms with Crippen molar-refractivity contribution in [3.05, 3.63) is 46.5 Å². The third-order valence-electron chi connectivity index (χ3n) is 9.67. The number of carbonyl (C=O) groups excluding carboxylic acids is 1. The second-order valence-corrected chi connectivity index (χ2v) is 13.0. The van der Waals surface area contributed by atoms with Gasteiger partial charge in [-0.05, 0) is 50.3 Å². The molecular weight excluding hydrogens is 655 g/mol. The number of aromatic nitrogens is 5. The number of hydrogen-bond acceptors (Lipinski definition) is 11. The number of H-pyrrole nitrogens is 1. The van der Waals surface area contributed by atoms with E-state index in [0.717, 1.165) is 6.42 Å². The highest BCUT2D eigenvalue weighted by Gasteiger charge is 2.48. The van der Waals surface area contributed by atoms with Crippen LogP contribution < -0.4 is 9.64 Å². The molecule has 48 heavy (non-hydrogen) atoms. The minimum absolute atomic E-state index is 0.0102. The molecule has 12 nitrogen and oxygen atoms in total. The molecule has 1 N–H and O–H groups in total. The molecule has 3 aromatic heterocycles. The fourth-order valence-electron chi connectivity index (χ4n) is 7.40. The third kappa shape index (κ3) is 5.47. The van der Waals surface area contributed by atoms with E-state index in [4.69, 9.17) is 35.5 Å². The van der Waals surface area contributed by atoms with Gasteiger partial charge in [-0.15, -0.1) is 0 Å². The van der Waals surface area contributed by atoms with Gasteiger partial charge < -0.3 is 23.8 Å². The zero-order valence-corrected chi connectivity index (χ0v) is 26.5. The first kappa shape index (κ1) is 31.1. The molecule has 9 rings (SSSR count). The lowest BCUT2D eigenvalue weighted by atomic mass is 9.94. The van der Waals surface area contributed by atoms with E-state index in [1.54, 1.807) is 12.3 Å². The van der Waals surface area contributed by atoms with Crippen LogP contribution in [0.3, 0.4) is 0 Å². The molecule has 5 aliphatic heterocycles. The third-order valence-corrected chi connectivity index (χ3v) is 10.0. The molecule has 0 unspecified atom stereocenters. The molecule has 5 aliphatic rings. The highest BCUT2D eigenvalue weighted by Crippen LogP contribution is 2.44. The van der Waals surface area contributed by atoms with Gasteiger partial charge in [-0.25, -0.2) is 9.18 Å². The minimum Gasteiger partial charge on any atom is -0.461 e. The number of hydrogen-bond donors (Lipinski definition) is 1. The SMILES string of the molecule is O=C1OCCCc2c(Cl)cc3[nH]ncc3c2-c2ncc3c(nc(OC[C@@]45CCCN4CC(=C(F)F)C5)nc3c2F)N2CCOC[C@H](C2)O1. The fraction of sp³-hybridized carbons (Fsp3) is 0.469. The Hall–Kier alpha value is -4.21. The highest BCUT2D eigenvalue weighted by atomic mass is 35.5. The molecule has 0 aliphatic carbocycles. The monoisotopic (exact) mass is 685 g/mol. The lowest BCUT2D eigenvalue weighted by Crippen LogP contribution is -2.43. The Morgan fingerprint density at radius 3 is 2.94 bits per heavy atom. The Kier molecular flexibility index (Phi) is 8.00. The van der Waals surface area contributed by atoms with E-state index in [0.29, 0.717) is 70.6 Å². The number of benzene rings is 1. The smallest absolute Gasteiger partial charge is 0.461 e. The maximum absolute atomic E-state index is 17.0. The fourth-order valence-corrected chi connectivity index (χ4v) is 7.70. The summed E-state index contributed by atoms with van der Waals surface area (Å²) in [6, 6.07) is 1.60. The maximum Gasteiger partial charge on any atom is 0.508 e. The van der Waals surface area contributed by atoms with E-state index in [2.05, 4.69) is 20.2 Å². The second-order valence-electron chi connectivity index (χ2n) is 12.6. The topological polar surface area (TPSA) is 128 Å². The Bertz CT molecular complexity index is 1960. The molecule has 0 radical (unpaired) electrons. The molecule has 3 fully saturated rings. The van der Waals surface area contributed by atoms with Crippen molar-refractivity contribution in [2.24, 2.45) is 0 Å². The van der Waals surface area contributed by atoms with Gasteiger partial charge in [0.15, 0.2) is 5.82 Å². The van der Waals surface area contributed by atoms with Gasteiger partial charge in [-0.2, -0.15) is 23.8 Å². The summed E-state index contributed by atoms with van der Waals surface area (Å²) in [5.41, 5.74) is 1.06. The first-order valence-electron chi connectivity index (χ1n) is 15.9. The number of ether oxygens (including phenoxy) is 4. The predicted octanol–water partition coefficient (Wildman–Crippen LogP) is 5.43. The largest absolute Gasteiger partial charge is 0.508 e. The zero-order chi connectivity index (χ0) is 33.0. The lowest BCUT2D eigenvalue weighted by molar-refractivity contribution is -0.00448. The summed E-state index contributed by atoms with van der Waals surface area (Å²) in [6.07, 6.45) is 2.28. The Morgan fingerprint density at radius 2 is 2.06 bits per heavy atom. The molecule has 4 aromatic rings. The van der Waals surface area contributed by atoms with E-state index in [1.807, 2.05) is 9.80 Å². The van der Waals surface area contributed by atoms with E-state index < -0.39 is 29.7 Å². The van der Waals surface area contributed by atoms with Crippen molar-refractivity contribution in [1.82, 2.24) is 30.0 Å². The van der Waals surface area contributed by atoms with E-state index in [1.165, 1.54) is 6.20 Å². The molecular formula is C32H31ClF3N7O5. The van der Waals surface area contributed by atoms with Crippen molar-refractivity contribution in [2.75, 3.05) is 57.5 Å². The number of aromatic amines is 1. The number of anilines is 1. The summed E-state index contributed by atoms with van der Waals surface area (Å²) in [5, 5.41) is 8.31. The molecule has 2 atom stereocenters. The molecule has 3 saturated heterocycles. The average Bonchev–Trinajstić information content (AvgIpc) is 3.73. The quantitative estimate of drug-likeness (QED) is 0.277. The number of nitrogens with one attached hydrogen (secondary N) is 1. The molecule has 0 saturated carbocycles. The van der Waals surface area contributed by atoms with Crippen LogP contribution in [0, 0.1) is 5.82 Å². The lowest BCUT2D eigenvalue weighted by Gasteiger charge is -2.31. The molecule has 0 spiro atoms. The summed E-state index contributed by atoms with van der Waals surface area (Å²) < 4.78 is 67.2. The van der Waals surface area contributed by atoms with Crippen molar-refractivity contribution in [2.45, 2.75) is 43.7 Å². The van der Waals surface area contributed by atoms with E-state index in [-0.39, 0.29) is 68.7 Å². The van der Waals surface area contributed by atoms with Crippen LogP contribution in [0.15, 0.2) is 30.1 Å². The summed E-state index contributed by atoms with van der Waals surface area (Å²) in [6.45, 7) is 1.84. The Labute approximate surface area is 277 Å². The molecule has 0 amide bonds. The van der Waals surface area contributed by atoms with Gasteiger partial charge in [0, 0.05) is 40.8 Å². The normalized spacial score (nSPS) is 23.3. The first-order valence-corrected chi connectivity index (χ1v) is 16.3. The standard InChI is InChI=1S/C32H31ClF3N7O5/c33-22-9-23-20(12-38-41-23)24-19(22)3-1-7-46-31(44)48-18-14-42(6-8-45-15-18)29-21-11-37-27(24)25(34)26(21)39-30(40-29)47-16-32-4-2-5-43(32)13-17(10-32)28(35)36/h9,11-12,18H,1-8,10,13-16H2,(H,38,41)/t18-,32-/m0/s1. The zero-order valence-electron chi connectivity index (χ0n) is 25.7. The number of rotatable bonds is 3. The average molecular weight is 686 g/mol. The molecule has 1 aromatic carbocycles. The van der Waals surface area contributed by atoms with Crippen molar-refractivity contribution in [3.8, 4) is 17.3 Å². The summed E-state index contributed by atoms with van der Waals surface area (Å²) in [5.74, 6) is -0.412. The molecule has 252 valence electrons. The van der Waals surface area contributed by atoms with Crippen molar-refractivity contribution in [1.29, 1.82) is 0 Å². The molecule has 8 heterocycles. The summed E-state index contributed by atoms with van der Waals surface area (Å²) in [4.78, 5) is 30.4. The molecule has 16 heteroatoms. The number of nitrogens with zero attached hydrogens (tertiary/aromatic N) is 6. The number of halogens is 4. The van der Waals surface area contributed by atoms with Crippen molar-refractivity contribution in [3.63, 3.8) is 0 Å². The second kappa shape index (κ2) is 12.3. The van der Waals surface area contributed by atoms with Crippen LogP contribution in [0.25, 0.3) is 33.1 Å². The summed E-state index contributed by atoms with van der Waals surface area (Å²) >= 11 is 6.75. The van der Waals surface area contributed by atoms with Crippen LogP contribution in [-0.4, -0.2) is 100 Å². The minimum atomic E-state index is -1.66. The van der Waals surface area contributed by atoms with E-state index in [9.17, 15) is 13.6 Å². The van der Waals surface area contributed by atoms with Crippen molar-refractivity contribution >= 4 is 45.4 Å². The Morgan fingerprint density at radius 1 is 1.17 bits per heavy atom. The van der Waals surface area contributed by atoms with Gasteiger partial charge in [0.25, 0.3) is 6.08 Å². The van der Waals surface area contributed by atoms with Crippen LogP contribution in [0.1, 0.15) is 31.2 Å². The van der Waals surface area contributed by atoms with Gasteiger partial charge in [-0.3, -0.25) is 15.0 Å². The van der Waals surface area contributed by atoms with Gasteiger partial charge in [0.2, 0.25) is 0 Å². The summed E-state index contributed by atoms with van der Waals surface area (Å²) in [7, 11) is 0. The Balaban J connectivity index is 1.28. The first-order chi connectivity index (χ1) is 23.3.